The average Bonchev–Trinajstić information content (AvgIpc) is 2.75. The molecular weight excluding hydrogens is 450 g/mol. The Morgan fingerprint density at radius 3 is 1.88 bits per heavy atom. The molecule has 0 aliphatic rings. The number of hydrogen-bond donors (Lipinski definition) is 1. The molecule has 0 fully saturated rings. The van der Waals surface area contributed by atoms with E-state index in [2.05, 4.69) is 10.1 Å². The molecule has 3 aromatic rings. The first-order valence-electron chi connectivity index (χ1n) is 8.69. The van der Waals surface area contributed by atoms with Crippen molar-refractivity contribution in [3.63, 3.8) is 0 Å². The molecule has 0 amide bonds. The van der Waals surface area contributed by atoms with Gasteiger partial charge in [-0.15, -0.1) is 0 Å². The minimum absolute atomic E-state index is 0.144. The third kappa shape index (κ3) is 3.97. The van der Waals surface area contributed by atoms with Gasteiger partial charge in [0, 0.05) is 5.69 Å². The summed E-state index contributed by atoms with van der Waals surface area (Å²) >= 11 is 0. The Bertz CT molecular complexity index is 1230. The quantitative estimate of drug-likeness (QED) is 0.161. The molecule has 0 saturated carbocycles. The molecule has 0 atom stereocenters. The topological polar surface area (TPSA) is 38.3 Å². The molecule has 0 radical (unpaired) electrons. The predicted octanol–water partition coefficient (Wildman–Crippen LogP) is 6.38. The average molecular weight is 461 g/mol. The molecule has 1 N–H and O–H groups in total. The fourth-order valence-corrected chi connectivity index (χ4v) is 2.79. The first kappa shape index (κ1) is 23.0. The summed E-state index contributed by atoms with van der Waals surface area (Å²) in [6.07, 6.45) is 0. The van der Waals surface area contributed by atoms with Gasteiger partial charge in [0.05, 0.1) is 11.3 Å². The van der Waals surface area contributed by atoms with Gasteiger partial charge in [-0.25, -0.2) is 31.1 Å². The second kappa shape index (κ2) is 8.48. The van der Waals surface area contributed by atoms with Gasteiger partial charge in [-0.1, -0.05) is 17.7 Å². The van der Waals surface area contributed by atoms with E-state index in [9.17, 15) is 39.9 Å². The van der Waals surface area contributed by atoms with Crippen LogP contribution in [0.4, 0.5) is 46.5 Å². The van der Waals surface area contributed by atoms with E-state index in [0.29, 0.717) is 5.56 Å². The van der Waals surface area contributed by atoms with E-state index in [1.165, 1.54) is 6.07 Å². The Kier molecular flexibility index (Phi) is 6.11. The minimum atomic E-state index is -2.50. The van der Waals surface area contributed by atoms with Crippen LogP contribution < -0.4 is 10.1 Å². The Morgan fingerprint density at radius 2 is 1.31 bits per heavy atom. The number of benzene rings is 3. The van der Waals surface area contributed by atoms with Gasteiger partial charge in [0.25, 0.3) is 0 Å². The van der Waals surface area contributed by atoms with Crippen molar-refractivity contribution in [2.45, 2.75) is 13.8 Å². The van der Waals surface area contributed by atoms with Crippen LogP contribution >= 0.6 is 0 Å². The number of esters is 1. The van der Waals surface area contributed by atoms with Gasteiger partial charge < -0.3 is 10.1 Å². The first-order chi connectivity index (χ1) is 14.9. The first-order valence-corrected chi connectivity index (χ1v) is 8.69. The summed E-state index contributed by atoms with van der Waals surface area (Å²) in [5.41, 5.74) is -0.654. The SMILES string of the molecule is Cc1ccc(Nc2c(C(=O)Oc3c(F)c(F)c(F)c(F)c3F)cc(F)c(F)c2F)c(C)c1. The maximum absolute atomic E-state index is 14.5. The van der Waals surface area contributed by atoms with Crippen molar-refractivity contribution >= 4 is 17.3 Å². The normalized spacial score (nSPS) is 10.9. The summed E-state index contributed by atoms with van der Waals surface area (Å²) in [6, 6.07) is 4.77. The number of aryl methyl sites for hydroxylation is 2. The van der Waals surface area contributed by atoms with Crippen LogP contribution in [0.3, 0.4) is 0 Å². The molecule has 0 aliphatic heterocycles. The van der Waals surface area contributed by atoms with Gasteiger partial charge >= 0.3 is 5.97 Å². The molecule has 3 rings (SSSR count). The number of hydrogen-bond acceptors (Lipinski definition) is 3. The Balaban J connectivity index is 2.11. The lowest BCUT2D eigenvalue weighted by Crippen LogP contribution is -2.17. The molecular formula is C21H11F8NO2. The van der Waals surface area contributed by atoms with E-state index in [-0.39, 0.29) is 11.8 Å². The largest absolute Gasteiger partial charge is 0.416 e. The second-order valence-electron chi connectivity index (χ2n) is 6.64. The van der Waals surface area contributed by atoms with Crippen LogP contribution in [0.15, 0.2) is 24.3 Å². The van der Waals surface area contributed by atoms with E-state index >= 15 is 0 Å². The number of nitrogens with one attached hydrogen (secondary N) is 1. The third-order valence-corrected chi connectivity index (χ3v) is 4.39. The Labute approximate surface area is 175 Å². The van der Waals surface area contributed by atoms with E-state index < -0.39 is 69.5 Å². The summed E-state index contributed by atoms with van der Waals surface area (Å²) in [6.45, 7) is 3.31. The van der Waals surface area contributed by atoms with E-state index in [4.69, 9.17) is 0 Å². The van der Waals surface area contributed by atoms with Crippen molar-refractivity contribution in [2.24, 2.45) is 0 Å². The number of carbonyl (C=O) groups is 1. The molecule has 3 aromatic carbocycles. The van der Waals surface area contributed by atoms with Gasteiger partial charge in [-0.2, -0.15) is 8.78 Å². The zero-order valence-corrected chi connectivity index (χ0v) is 16.1. The van der Waals surface area contributed by atoms with Crippen LogP contribution in [-0.2, 0) is 0 Å². The number of anilines is 2. The maximum atomic E-state index is 14.5. The summed E-state index contributed by atoms with van der Waals surface area (Å²) in [4.78, 5) is 12.4. The maximum Gasteiger partial charge on any atom is 0.346 e. The lowest BCUT2D eigenvalue weighted by atomic mass is 10.1. The fraction of sp³-hybridized carbons (Fsp3) is 0.0952. The van der Waals surface area contributed by atoms with Gasteiger partial charge in [-0.3, -0.25) is 0 Å². The smallest absolute Gasteiger partial charge is 0.346 e. The highest BCUT2D eigenvalue weighted by Gasteiger charge is 2.31. The zero-order valence-electron chi connectivity index (χ0n) is 16.1. The van der Waals surface area contributed by atoms with Crippen molar-refractivity contribution in [3.8, 4) is 5.75 Å². The van der Waals surface area contributed by atoms with Crippen molar-refractivity contribution in [3.05, 3.63) is 87.5 Å². The highest BCUT2D eigenvalue weighted by atomic mass is 19.2. The summed E-state index contributed by atoms with van der Waals surface area (Å²) < 4.78 is 114. The molecule has 168 valence electrons. The molecule has 0 spiro atoms. The number of ether oxygens (including phenoxy) is 1. The molecule has 0 unspecified atom stereocenters. The summed E-state index contributed by atoms with van der Waals surface area (Å²) in [5.74, 6) is -21.9. The van der Waals surface area contributed by atoms with Crippen LogP contribution in [-0.4, -0.2) is 5.97 Å². The van der Waals surface area contributed by atoms with Gasteiger partial charge in [-0.05, 0) is 31.5 Å². The number of halogens is 8. The molecule has 0 aromatic heterocycles. The van der Waals surface area contributed by atoms with Crippen molar-refractivity contribution in [1.29, 1.82) is 0 Å². The molecule has 0 saturated heterocycles. The van der Waals surface area contributed by atoms with Crippen LogP contribution in [0.25, 0.3) is 0 Å². The van der Waals surface area contributed by atoms with Crippen LogP contribution in [0.2, 0.25) is 0 Å². The summed E-state index contributed by atoms with van der Waals surface area (Å²) in [5, 5.41) is 2.35. The standard InChI is InChI=1S/C21H11F8NO2/c1-7-3-4-11(8(2)5-7)30-19-9(6-10(22)12(23)16(19)27)21(31)32-20-17(28)14(25)13(24)15(26)18(20)29/h3-6,30H,1-2H3. The van der Waals surface area contributed by atoms with Crippen LogP contribution in [0.1, 0.15) is 21.5 Å². The molecule has 0 bridgehead atoms. The van der Waals surface area contributed by atoms with E-state index in [0.717, 1.165) is 5.56 Å². The number of rotatable bonds is 4. The van der Waals surface area contributed by atoms with Crippen molar-refractivity contribution in [2.75, 3.05) is 5.32 Å². The van der Waals surface area contributed by atoms with Gasteiger partial charge in [0.15, 0.2) is 17.5 Å². The van der Waals surface area contributed by atoms with Crippen molar-refractivity contribution in [1.82, 2.24) is 0 Å². The lowest BCUT2D eigenvalue weighted by molar-refractivity contribution is 0.0716. The highest BCUT2D eigenvalue weighted by molar-refractivity contribution is 5.98. The molecule has 0 heterocycles. The molecule has 3 nitrogen and oxygen atoms in total. The third-order valence-electron chi connectivity index (χ3n) is 4.39. The van der Waals surface area contributed by atoms with Gasteiger partial charge in [0.1, 0.15) is 0 Å². The Hall–Kier alpha value is -3.63. The minimum Gasteiger partial charge on any atom is -0.416 e. The second-order valence-corrected chi connectivity index (χ2v) is 6.64. The Morgan fingerprint density at radius 1 is 0.750 bits per heavy atom. The van der Waals surface area contributed by atoms with Crippen LogP contribution in [0, 0.1) is 60.4 Å². The van der Waals surface area contributed by atoms with Crippen LogP contribution in [0.5, 0.6) is 5.75 Å². The van der Waals surface area contributed by atoms with E-state index in [1.54, 1.807) is 26.0 Å². The lowest BCUT2D eigenvalue weighted by Gasteiger charge is -2.16. The predicted molar refractivity (Wildman–Crippen MR) is 96.7 cm³/mol. The van der Waals surface area contributed by atoms with Crippen molar-refractivity contribution < 1.29 is 44.7 Å². The number of carbonyl (C=O) groups excluding carboxylic acids is 1. The monoisotopic (exact) mass is 461 g/mol. The summed E-state index contributed by atoms with van der Waals surface area (Å²) in [7, 11) is 0. The van der Waals surface area contributed by atoms with Gasteiger partial charge in [0.2, 0.25) is 34.8 Å². The van der Waals surface area contributed by atoms with E-state index in [1.807, 2.05) is 0 Å². The molecule has 0 aliphatic carbocycles. The highest BCUT2D eigenvalue weighted by Crippen LogP contribution is 2.33. The molecule has 32 heavy (non-hydrogen) atoms. The molecule has 11 heteroatoms. The fourth-order valence-electron chi connectivity index (χ4n) is 2.79. The zero-order chi connectivity index (χ0) is 23.9.